The predicted molar refractivity (Wildman–Crippen MR) is 73.3 cm³/mol. The first-order chi connectivity index (χ1) is 9.20. The number of anilines is 1. The van der Waals surface area contributed by atoms with Crippen LogP contribution in [0.15, 0.2) is 30.3 Å². The number of hydrogen-bond acceptors (Lipinski definition) is 6. The minimum Gasteiger partial charge on any atom is -0.487 e. The van der Waals surface area contributed by atoms with Crippen LogP contribution in [0.3, 0.4) is 0 Å². The van der Waals surface area contributed by atoms with Crippen LogP contribution in [0.1, 0.15) is 22.3 Å². The second kappa shape index (κ2) is 6.19. The molecule has 0 saturated carbocycles. The van der Waals surface area contributed by atoms with E-state index < -0.39 is 5.97 Å². The molecule has 1 heterocycles. The van der Waals surface area contributed by atoms with E-state index in [1.54, 1.807) is 6.92 Å². The standard InChI is InChI=1S/C13H14N2O3S/c1-2-17-12(16)11-10(15-13(14)19-11)8-18-9-6-4-3-5-7-9/h3-7H,2,8H2,1H3,(H2,14,15). The lowest BCUT2D eigenvalue weighted by atomic mass is 10.3. The largest absolute Gasteiger partial charge is 0.487 e. The third-order valence-electron chi connectivity index (χ3n) is 2.29. The smallest absolute Gasteiger partial charge is 0.350 e. The van der Waals surface area contributed by atoms with Crippen LogP contribution in [-0.2, 0) is 11.3 Å². The first-order valence-corrected chi connectivity index (χ1v) is 6.62. The van der Waals surface area contributed by atoms with E-state index in [9.17, 15) is 4.79 Å². The number of ether oxygens (including phenoxy) is 2. The maximum Gasteiger partial charge on any atom is 0.350 e. The second-order valence-corrected chi connectivity index (χ2v) is 4.68. The fraction of sp³-hybridized carbons (Fsp3) is 0.231. The highest BCUT2D eigenvalue weighted by Gasteiger charge is 2.18. The lowest BCUT2D eigenvalue weighted by molar-refractivity contribution is 0.0529. The first kappa shape index (κ1) is 13.4. The summed E-state index contributed by atoms with van der Waals surface area (Å²) in [7, 11) is 0. The minimum atomic E-state index is -0.414. The molecule has 2 N–H and O–H groups in total. The number of aromatic nitrogens is 1. The molecule has 100 valence electrons. The summed E-state index contributed by atoms with van der Waals surface area (Å²) in [4.78, 5) is 16.2. The van der Waals surface area contributed by atoms with Crippen molar-refractivity contribution in [1.29, 1.82) is 0 Å². The molecule has 1 aromatic carbocycles. The molecule has 0 spiro atoms. The summed E-state index contributed by atoms with van der Waals surface area (Å²) < 4.78 is 10.5. The zero-order valence-electron chi connectivity index (χ0n) is 10.5. The van der Waals surface area contributed by atoms with Crippen molar-refractivity contribution < 1.29 is 14.3 Å². The fourth-order valence-corrected chi connectivity index (χ4v) is 2.22. The van der Waals surface area contributed by atoms with Crippen LogP contribution in [0.2, 0.25) is 0 Å². The van der Waals surface area contributed by atoms with Crippen molar-refractivity contribution in [2.75, 3.05) is 12.3 Å². The van der Waals surface area contributed by atoms with Crippen molar-refractivity contribution in [2.24, 2.45) is 0 Å². The SMILES string of the molecule is CCOC(=O)c1sc(N)nc1COc1ccccc1. The first-order valence-electron chi connectivity index (χ1n) is 5.81. The number of hydrogen-bond donors (Lipinski definition) is 1. The van der Waals surface area contributed by atoms with Gasteiger partial charge in [0.1, 0.15) is 22.9 Å². The molecule has 0 amide bonds. The van der Waals surface area contributed by atoms with Gasteiger partial charge < -0.3 is 15.2 Å². The summed E-state index contributed by atoms with van der Waals surface area (Å²) in [5.41, 5.74) is 6.13. The third kappa shape index (κ3) is 3.45. The molecule has 0 unspecified atom stereocenters. The van der Waals surface area contributed by atoms with Gasteiger partial charge in [-0.15, -0.1) is 0 Å². The average molecular weight is 278 g/mol. The third-order valence-corrected chi connectivity index (χ3v) is 3.20. The molecule has 0 radical (unpaired) electrons. The van der Waals surface area contributed by atoms with Gasteiger partial charge in [-0.3, -0.25) is 0 Å². The molecule has 5 nitrogen and oxygen atoms in total. The molecule has 0 aliphatic carbocycles. The summed E-state index contributed by atoms with van der Waals surface area (Å²) in [6.07, 6.45) is 0. The van der Waals surface area contributed by atoms with E-state index in [0.717, 1.165) is 11.3 Å². The normalized spacial score (nSPS) is 10.2. The van der Waals surface area contributed by atoms with E-state index in [-0.39, 0.29) is 6.61 Å². The van der Waals surface area contributed by atoms with Crippen LogP contribution in [-0.4, -0.2) is 17.6 Å². The lowest BCUT2D eigenvalue weighted by Crippen LogP contribution is -2.07. The van der Waals surface area contributed by atoms with Crippen LogP contribution in [0.5, 0.6) is 5.75 Å². The van der Waals surface area contributed by atoms with E-state index in [4.69, 9.17) is 15.2 Å². The molecule has 19 heavy (non-hydrogen) atoms. The van der Waals surface area contributed by atoms with Crippen molar-refractivity contribution in [2.45, 2.75) is 13.5 Å². The van der Waals surface area contributed by atoms with E-state index >= 15 is 0 Å². The summed E-state index contributed by atoms with van der Waals surface area (Å²) in [5.74, 6) is 0.298. The molecule has 2 aromatic rings. The van der Waals surface area contributed by atoms with Gasteiger partial charge in [-0.25, -0.2) is 9.78 Å². The van der Waals surface area contributed by atoms with Gasteiger partial charge in [0, 0.05) is 0 Å². The van der Waals surface area contributed by atoms with E-state index in [0.29, 0.717) is 28.1 Å². The molecule has 1 aromatic heterocycles. The number of nitrogen functional groups attached to an aromatic ring is 1. The highest BCUT2D eigenvalue weighted by molar-refractivity contribution is 7.17. The molecule has 6 heteroatoms. The summed E-state index contributed by atoms with van der Waals surface area (Å²) in [5, 5.41) is 0.328. The summed E-state index contributed by atoms with van der Waals surface area (Å²) in [6.45, 7) is 2.25. The average Bonchev–Trinajstić information content (AvgIpc) is 2.79. The topological polar surface area (TPSA) is 74.4 Å². The van der Waals surface area contributed by atoms with Crippen molar-refractivity contribution in [3.05, 3.63) is 40.9 Å². The van der Waals surface area contributed by atoms with Crippen LogP contribution < -0.4 is 10.5 Å². The summed E-state index contributed by atoms with van der Waals surface area (Å²) in [6, 6.07) is 9.31. The van der Waals surface area contributed by atoms with Gasteiger partial charge in [-0.05, 0) is 19.1 Å². The van der Waals surface area contributed by atoms with Gasteiger partial charge in [0.15, 0.2) is 5.13 Å². The van der Waals surface area contributed by atoms with Crippen molar-refractivity contribution in [3.8, 4) is 5.75 Å². The molecule has 0 saturated heterocycles. The Bertz CT molecular complexity index is 554. The van der Waals surface area contributed by atoms with E-state index in [1.807, 2.05) is 30.3 Å². The van der Waals surface area contributed by atoms with Crippen LogP contribution >= 0.6 is 11.3 Å². The molecular weight excluding hydrogens is 264 g/mol. The van der Waals surface area contributed by atoms with Gasteiger partial charge in [-0.1, -0.05) is 29.5 Å². The zero-order chi connectivity index (χ0) is 13.7. The lowest BCUT2D eigenvalue weighted by Gasteiger charge is -2.05. The van der Waals surface area contributed by atoms with Gasteiger partial charge in [0.2, 0.25) is 0 Å². The number of nitrogens with two attached hydrogens (primary N) is 1. The highest BCUT2D eigenvalue weighted by atomic mass is 32.1. The van der Waals surface area contributed by atoms with Crippen molar-refractivity contribution >= 4 is 22.4 Å². The maximum atomic E-state index is 11.7. The number of thiazole rings is 1. The second-order valence-electron chi connectivity index (χ2n) is 3.65. The van der Waals surface area contributed by atoms with Crippen molar-refractivity contribution in [3.63, 3.8) is 0 Å². The van der Waals surface area contributed by atoms with Crippen molar-refractivity contribution in [1.82, 2.24) is 4.98 Å². The quantitative estimate of drug-likeness (QED) is 0.850. The number of carbonyl (C=O) groups is 1. The fourth-order valence-electron chi connectivity index (χ4n) is 1.49. The number of para-hydroxylation sites is 1. The Morgan fingerprint density at radius 3 is 2.79 bits per heavy atom. The Kier molecular flexibility index (Phi) is 4.35. The van der Waals surface area contributed by atoms with Gasteiger partial charge >= 0.3 is 5.97 Å². The Hall–Kier alpha value is -2.08. The van der Waals surface area contributed by atoms with Crippen LogP contribution in [0, 0.1) is 0 Å². The highest BCUT2D eigenvalue weighted by Crippen LogP contribution is 2.23. The minimum absolute atomic E-state index is 0.186. The zero-order valence-corrected chi connectivity index (χ0v) is 11.3. The van der Waals surface area contributed by atoms with Crippen LogP contribution in [0.25, 0.3) is 0 Å². The summed E-state index contributed by atoms with van der Waals surface area (Å²) >= 11 is 1.11. The number of nitrogens with zero attached hydrogens (tertiary/aromatic N) is 1. The van der Waals surface area contributed by atoms with Gasteiger partial charge in [-0.2, -0.15) is 0 Å². The maximum absolute atomic E-state index is 11.7. The van der Waals surface area contributed by atoms with E-state index in [2.05, 4.69) is 4.98 Å². The monoisotopic (exact) mass is 278 g/mol. The Morgan fingerprint density at radius 1 is 1.37 bits per heavy atom. The molecule has 2 rings (SSSR count). The van der Waals surface area contributed by atoms with Gasteiger partial charge in [0.25, 0.3) is 0 Å². The number of esters is 1. The Labute approximate surface area is 115 Å². The molecule has 0 bridgehead atoms. The molecular formula is C13H14N2O3S. The van der Waals surface area contributed by atoms with E-state index in [1.165, 1.54) is 0 Å². The number of carbonyl (C=O) groups excluding carboxylic acids is 1. The Balaban J connectivity index is 2.10. The predicted octanol–water partition coefficient (Wildman–Crippen LogP) is 2.48. The molecule has 0 atom stereocenters. The molecule has 0 aliphatic heterocycles. The number of benzene rings is 1. The Morgan fingerprint density at radius 2 is 2.11 bits per heavy atom. The number of rotatable bonds is 5. The molecule has 0 fully saturated rings. The molecule has 0 aliphatic rings. The van der Waals surface area contributed by atoms with Crippen LogP contribution in [0.4, 0.5) is 5.13 Å². The van der Waals surface area contributed by atoms with Gasteiger partial charge in [0.05, 0.1) is 6.61 Å².